The molecule has 1 unspecified atom stereocenters. The van der Waals surface area contributed by atoms with Gasteiger partial charge < -0.3 is 9.47 Å². The highest BCUT2D eigenvalue weighted by Gasteiger charge is 2.52. The van der Waals surface area contributed by atoms with E-state index in [9.17, 15) is 0 Å². The highest BCUT2D eigenvalue weighted by Crippen LogP contribution is 2.59. The van der Waals surface area contributed by atoms with Gasteiger partial charge in [-0.05, 0) is 62.3 Å². The number of benzene rings is 1. The minimum Gasteiger partial charge on any atom is -0.487 e. The second-order valence-corrected chi connectivity index (χ2v) is 9.36. The van der Waals surface area contributed by atoms with Crippen LogP contribution in [-0.2, 0) is 4.74 Å². The first-order chi connectivity index (χ1) is 11.9. The van der Waals surface area contributed by atoms with E-state index in [1.165, 1.54) is 24.0 Å². The Bertz CT molecular complexity index is 676. The molecule has 2 aliphatic carbocycles. The standard InChI is InChI=1S/C23H32O2/c1-15-10-11-19-21(24-5)16-8-6-7-9-20(16)25-23(19,4)13-12-18-17(15)14-22(18,2)3/h6-9,17-19,21H,1,10-14H2,2-5H3/t17-,18-,19?,21-,23-/m1/s1. The van der Waals surface area contributed by atoms with E-state index >= 15 is 0 Å². The summed E-state index contributed by atoms with van der Waals surface area (Å²) in [7, 11) is 1.85. The van der Waals surface area contributed by atoms with Crippen molar-refractivity contribution in [2.24, 2.45) is 23.2 Å². The number of methoxy groups -OCH3 is 1. The first-order valence-electron chi connectivity index (χ1n) is 9.84. The van der Waals surface area contributed by atoms with Crippen LogP contribution in [-0.4, -0.2) is 12.7 Å². The van der Waals surface area contributed by atoms with Crippen LogP contribution in [0.25, 0.3) is 0 Å². The van der Waals surface area contributed by atoms with E-state index in [-0.39, 0.29) is 11.7 Å². The summed E-state index contributed by atoms with van der Waals surface area (Å²) in [4.78, 5) is 0. The summed E-state index contributed by atoms with van der Waals surface area (Å²) in [6, 6.07) is 8.42. The Kier molecular flexibility index (Phi) is 4.03. The minimum absolute atomic E-state index is 0.117. The van der Waals surface area contributed by atoms with Gasteiger partial charge in [0.2, 0.25) is 0 Å². The molecule has 5 atom stereocenters. The fourth-order valence-corrected chi connectivity index (χ4v) is 5.89. The molecule has 1 aromatic rings. The summed E-state index contributed by atoms with van der Waals surface area (Å²) in [6.07, 6.45) is 5.94. The normalized spacial score (nSPS) is 39.4. The van der Waals surface area contributed by atoms with Crippen LogP contribution in [0.15, 0.2) is 36.4 Å². The largest absolute Gasteiger partial charge is 0.487 e. The molecule has 0 aromatic heterocycles. The van der Waals surface area contributed by atoms with Crippen molar-refractivity contribution in [3.8, 4) is 5.75 Å². The van der Waals surface area contributed by atoms with Crippen LogP contribution < -0.4 is 4.74 Å². The van der Waals surface area contributed by atoms with E-state index in [1.807, 2.05) is 7.11 Å². The lowest BCUT2D eigenvalue weighted by atomic mass is 9.52. The molecule has 0 saturated heterocycles. The SMILES string of the molecule is C=C1CCC2[C@H](OC)c3ccccc3O[C@]2(C)CC[C@@H]2[C@@H]1CC2(C)C. The van der Waals surface area contributed by atoms with Crippen molar-refractivity contribution >= 4 is 0 Å². The molecule has 2 nitrogen and oxygen atoms in total. The fourth-order valence-electron chi connectivity index (χ4n) is 5.89. The lowest BCUT2D eigenvalue weighted by Crippen LogP contribution is -2.49. The average Bonchev–Trinajstić information content (AvgIpc) is 2.60. The molecule has 2 heteroatoms. The maximum Gasteiger partial charge on any atom is 0.125 e. The van der Waals surface area contributed by atoms with Crippen molar-refractivity contribution in [1.29, 1.82) is 0 Å². The molecule has 1 aromatic carbocycles. The highest BCUT2D eigenvalue weighted by atomic mass is 16.5. The third kappa shape index (κ3) is 2.65. The zero-order valence-electron chi connectivity index (χ0n) is 16.2. The fraction of sp³-hybridized carbons (Fsp3) is 0.652. The summed E-state index contributed by atoms with van der Waals surface area (Å²) in [6.45, 7) is 11.6. The van der Waals surface area contributed by atoms with E-state index in [0.717, 1.165) is 30.9 Å². The smallest absolute Gasteiger partial charge is 0.125 e. The summed E-state index contributed by atoms with van der Waals surface area (Å²) in [5.41, 5.74) is 2.95. The monoisotopic (exact) mass is 340 g/mol. The molecule has 3 aliphatic rings. The Morgan fingerprint density at radius 2 is 1.88 bits per heavy atom. The number of allylic oxidation sites excluding steroid dienone is 1. The third-order valence-electron chi connectivity index (χ3n) is 7.46. The zero-order valence-corrected chi connectivity index (χ0v) is 16.2. The van der Waals surface area contributed by atoms with E-state index in [1.54, 1.807) is 0 Å². The van der Waals surface area contributed by atoms with Crippen molar-refractivity contribution < 1.29 is 9.47 Å². The van der Waals surface area contributed by atoms with Crippen LogP contribution in [0.1, 0.15) is 64.5 Å². The number of hydrogen-bond acceptors (Lipinski definition) is 2. The second-order valence-electron chi connectivity index (χ2n) is 9.36. The van der Waals surface area contributed by atoms with E-state index in [2.05, 4.69) is 51.6 Å². The molecule has 2 fully saturated rings. The average molecular weight is 341 g/mol. The van der Waals surface area contributed by atoms with Crippen molar-refractivity contribution in [1.82, 2.24) is 0 Å². The molecule has 1 aliphatic heterocycles. The van der Waals surface area contributed by atoms with Gasteiger partial charge in [-0.15, -0.1) is 0 Å². The van der Waals surface area contributed by atoms with Gasteiger partial charge in [-0.3, -0.25) is 0 Å². The van der Waals surface area contributed by atoms with Crippen LogP contribution in [0.3, 0.4) is 0 Å². The third-order valence-corrected chi connectivity index (χ3v) is 7.46. The molecule has 0 spiro atoms. The Morgan fingerprint density at radius 3 is 2.60 bits per heavy atom. The first-order valence-corrected chi connectivity index (χ1v) is 9.84. The van der Waals surface area contributed by atoms with E-state index in [4.69, 9.17) is 9.47 Å². The van der Waals surface area contributed by atoms with Gasteiger partial charge in [0.1, 0.15) is 11.4 Å². The number of para-hydroxylation sites is 1. The Balaban J connectivity index is 1.70. The first kappa shape index (κ1) is 17.1. The van der Waals surface area contributed by atoms with Crippen LogP contribution in [0.4, 0.5) is 0 Å². The van der Waals surface area contributed by atoms with Crippen LogP contribution in [0, 0.1) is 23.2 Å². The predicted molar refractivity (Wildman–Crippen MR) is 102 cm³/mol. The zero-order chi connectivity index (χ0) is 17.8. The van der Waals surface area contributed by atoms with Crippen molar-refractivity contribution in [3.63, 3.8) is 0 Å². The topological polar surface area (TPSA) is 18.5 Å². The summed E-state index contributed by atoms with van der Waals surface area (Å²) < 4.78 is 12.7. The maximum atomic E-state index is 6.65. The number of hydrogen-bond donors (Lipinski definition) is 0. The van der Waals surface area contributed by atoms with Crippen molar-refractivity contribution in [3.05, 3.63) is 42.0 Å². The molecular weight excluding hydrogens is 308 g/mol. The molecule has 0 bridgehead atoms. The minimum atomic E-state index is -0.157. The van der Waals surface area contributed by atoms with Crippen LogP contribution in [0.5, 0.6) is 5.75 Å². The van der Waals surface area contributed by atoms with Crippen LogP contribution >= 0.6 is 0 Å². The highest BCUT2D eigenvalue weighted by molar-refractivity contribution is 5.39. The Labute approximate surface area is 152 Å². The summed E-state index contributed by atoms with van der Waals surface area (Å²) in [5.74, 6) is 2.85. The lowest BCUT2D eigenvalue weighted by molar-refractivity contribution is -0.0942. The van der Waals surface area contributed by atoms with Crippen molar-refractivity contribution in [2.45, 2.75) is 64.6 Å². The number of rotatable bonds is 1. The van der Waals surface area contributed by atoms with Gasteiger partial charge in [0.05, 0.1) is 6.10 Å². The van der Waals surface area contributed by atoms with Crippen LogP contribution in [0.2, 0.25) is 0 Å². The molecule has 1 heterocycles. The quantitative estimate of drug-likeness (QED) is 0.590. The van der Waals surface area contributed by atoms with Gasteiger partial charge >= 0.3 is 0 Å². The van der Waals surface area contributed by atoms with Gasteiger partial charge in [-0.25, -0.2) is 0 Å². The van der Waals surface area contributed by atoms with Gasteiger partial charge in [0.15, 0.2) is 0 Å². The van der Waals surface area contributed by atoms with Crippen molar-refractivity contribution in [2.75, 3.05) is 7.11 Å². The van der Waals surface area contributed by atoms with Gasteiger partial charge in [-0.1, -0.05) is 44.2 Å². The summed E-state index contributed by atoms with van der Waals surface area (Å²) >= 11 is 0. The second kappa shape index (κ2) is 5.87. The molecule has 0 N–H and O–H groups in total. The Hall–Kier alpha value is -1.28. The van der Waals surface area contributed by atoms with Gasteiger partial charge in [0, 0.05) is 18.6 Å². The van der Waals surface area contributed by atoms with Gasteiger partial charge in [-0.2, -0.15) is 0 Å². The number of ether oxygens (including phenoxy) is 2. The molecule has 0 amide bonds. The number of fused-ring (bicyclic) bond motifs is 3. The molecular formula is C23H32O2. The molecule has 4 rings (SSSR count). The molecule has 136 valence electrons. The van der Waals surface area contributed by atoms with E-state index in [0.29, 0.717) is 17.3 Å². The maximum absolute atomic E-state index is 6.65. The predicted octanol–water partition coefficient (Wildman–Crippen LogP) is 5.93. The molecule has 0 radical (unpaired) electrons. The van der Waals surface area contributed by atoms with E-state index < -0.39 is 0 Å². The summed E-state index contributed by atoms with van der Waals surface area (Å²) in [5, 5.41) is 0. The molecule has 25 heavy (non-hydrogen) atoms. The molecule has 2 saturated carbocycles. The lowest BCUT2D eigenvalue weighted by Gasteiger charge is -2.53. The van der Waals surface area contributed by atoms with Gasteiger partial charge in [0.25, 0.3) is 0 Å². The Morgan fingerprint density at radius 1 is 1.12 bits per heavy atom.